The van der Waals surface area contributed by atoms with Gasteiger partial charge in [-0.3, -0.25) is 0 Å². The van der Waals surface area contributed by atoms with Crippen LogP contribution in [0.25, 0.3) is 34.4 Å². The molecule has 0 radical (unpaired) electrons. The molecule has 301 valence electrons. The normalized spacial score (nSPS) is 18.2. The minimum atomic E-state index is -2.31. The van der Waals surface area contributed by atoms with Crippen LogP contribution in [0.5, 0.6) is 0 Å². The quantitative estimate of drug-likeness (QED) is 0.102. The van der Waals surface area contributed by atoms with E-state index in [2.05, 4.69) is 168 Å². The van der Waals surface area contributed by atoms with Gasteiger partial charge in [0, 0.05) is 0 Å². The number of ether oxygens (including phenoxy) is 1. The summed E-state index contributed by atoms with van der Waals surface area (Å²) in [6.45, 7) is 29.2. The average Bonchev–Trinajstić information content (AvgIpc) is 3.84. The molecule has 0 spiro atoms. The van der Waals surface area contributed by atoms with E-state index < -0.39 is 26.8 Å². The maximum absolute atomic E-state index is 6.08. The number of allylic oxidation sites excluding steroid dienone is 2. The van der Waals surface area contributed by atoms with Gasteiger partial charge in [0.15, 0.2) is 0 Å². The second kappa shape index (κ2) is 16.8. The molecule has 0 amide bonds. The Kier molecular flexibility index (Phi) is 12.6. The van der Waals surface area contributed by atoms with Gasteiger partial charge in [0.25, 0.3) is 0 Å². The van der Waals surface area contributed by atoms with Crippen molar-refractivity contribution in [1.29, 1.82) is 0 Å². The molecule has 3 aliphatic carbocycles. The van der Waals surface area contributed by atoms with E-state index in [1.807, 2.05) is 0 Å². The predicted octanol–water partition coefficient (Wildman–Crippen LogP) is 15.1. The fraction of sp³-hybridized carbons (Fsp3) is 0.481. The molecule has 0 aromatic heterocycles. The molecule has 7 rings (SSSR count). The van der Waals surface area contributed by atoms with Crippen LogP contribution in [0.2, 0.25) is 12.6 Å². The zero-order valence-electron chi connectivity index (χ0n) is 37.6. The third kappa shape index (κ3) is 9.12. The van der Waals surface area contributed by atoms with E-state index >= 15 is 0 Å². The van der Waals surface area contributed by atoms with E-state index in [9.17, 15) is 0 Å². The van der Waals surface area contributed by atoms with Gasteiger partial charge in [0.1, 0.15) is 0 Å². The molecule has 0 heterocycles. The van der Waals surface area contributed by atoms with Crippen molar-refractivity contribution in [1.82, 2.24) is 0 Å². The standard InChI is InChI=1S/C23H25.C20H21.C11H25OSi.Zr/c1-15-12-18-14-17-6-5-7-20(17)22(21(18)13-15)16-8-10-19(11-9-16)23(2,3)4;1-14-12-16-6-5-7-18(19(16)13-14)15-8-10-17(11-9-15)20(2,3)4;1-11(2,3)12-9-7-5-6-8-10-13-4;/h8-14H,5-7H2,1-4H3;5-13H,1-4H3;13H,5-10H2,1-4H3;. The van der Waals surface area contributed by atoms with E-state index in [0.717, 1.165) is 6.61 Å². The van der Waals surface area contributed by atoms with Gasteiger partial charge in [-0.15, -0.1) is 0 Å². The molecule has 0 saturated heterocycles. The first kappa shape index (κ1) is 42.5. The van der Waals surface area contributed by atoms with Gasteiger partial charge in [-0.25, -0.2) is 0 Å². The third-order valence-electron chi connectivity index (χ3n) is 13.3. The molecule has 3 aliphatic rings. The predicted molar refractivity (Wildman–Crippen MR) is 248 cm³/mol. The van der Waals surface area contributed by atoms with Crippen LogP contribution in [0.3, 0.4) is 0 Å². The molecule has 0 fully saturated rings. The molecule has 1 nitrogen and oxygen atoms in total. The van der Waals surface area contributed by atoms with Crippen LogP contribution >= 0.6 is 0 Å². The third-order valence-corrected chi connectivity index (χ3v) is 37.2. The molecule has 0 aliphatic heterocycles. The van der Waals surface area contributed by atoms with Crippen LogP contribution in [-0.4, -0.2) is 18.1 Å². The first-order valence-electron chi connectivity index (χ1n) is 22.3. The number of benzene rings is 4. The van der Waals surface area contributed by atoms with Crippen molar-refractivity contribution in [2.75, 3.05) is 6.61 Å². The minimum absolute atomic E-state index is 0.0416. The summed E-state index contributed by atoms with van der Waals surface area (Å²) >= 11 is -2.31. The number of rotatable bonds is 12. The Morgan fingerprint density at radius 1 is 0.649 bits per heavy atom. The summed E-state index contributed by atoms with van der Waals surface area (Å²) in [6.07, 6.45) is 14.2. The van der Waals surface area contributed by atoms with Crippen LogP contribution in [0.15, 0.2) is 83.9 Å². The van der Waals surface area contributed by atoms with E-state index in [0.29, 0.717) is 7.25 Å². The summed E-state index contributed by atoms with van der Waals surface area (Å²) in [5.41, 5.74) is 21.9. The summed E-state index contributed by atoms with van der Waals surface area (Å²) in [7, 11) is 0. The fourth-order valence-electron chi connectivity index (χ4n) is 10.2. The second-order valence-corrected chi connectivity index (χ2v) is 39.8. The SMILES string of the molecule is CC1=Cc2c(-c3ccc(C(C)(C)C)cc3)cccc2[CH]1[Zr]([CH]1C(C)=Cc2c1cc1c(c2-c2ccc(C(C)(C)C)cc2)CCC1)[SiH](C)CCCCCCOC(C)(C)C. The van der Waals surface area contributed by atoms with Gasteiger partial charge in [0.2, 0.25) is 0 Å². The Hall–Kier alpha value is -2.58. The number of aryl methyl sites for hydroxylation is 1. The molecule has 0 bridgehead atoms. The molecule has 57 heavy (non-hydrogen) atoms. The Balaban J connectivity index is 1.27. The molecule has 4 aromatic carbocycles. The number of unbranched alkanes of at least 4 members (excludes halogenated alkanes) is 3. The van der Waals surface area contributed by atoms with Crippen molar-refractivity contribution < 1.29 is 25.6 Å². The van der Waals surface area contributed by atoms with Crippen LogP contribution in [0.4, 0.5) is 0 Å². The van der Waals surface area contributed by atoms with Crippen LogP contribution in [0, 0.1) is 0 Å². The second-order valence-electron chi connectivity index (χ2n) is 20.9. The molecular formula is C54H71OSiZr. The van der Waals surface area contributed by atoms with Crippen molar-refractivity contribution in [3.63, 3.8) is 0 Å². The first-order valence-corrected chi connectivity index (χ1v) is 32.0. The first-order chi connectivity index (χ1) is 26.9. The average molecular weight is 855 g/mol. The van der Waals surface area contributed by atoms with Crippen LogP contribution in [0.1, 0.15) is 160 Å². The molecule has 4 aromatic rings. The summed E-state index contributed by atoms with van der Waals surface area (Å²) in [5.74, 6) is -1.07. The van der Waals surface area contributed by atoms with Crippen molar-refractivity contribution in [3.05, 3.63) is 128 Å². The number of hydrogen-bond acceptors (Lipinski definition) is 1. The van der Waals surface area contributed by atoms with Crippen molar-refractivity contribution >= 4 is 18.1 Å². The Labute approximate surface area is 356 Å². The molecule has 3 unspecified atom stereocenters. The Morgan fingerprint density at radius 3 is 1.84 bits per heavy atom. The van der Waals surface area contributed by atoms with E-state index in [4.69, 9.17) is 4.74 Å². The molecule has 0 N–H and O–H groups in total. The van der Waals surface area contributed by atoms with Gasteiger partial charge in [-0.1, -0.05) is 0 Å². The van der Waals surface area contributed by atoms with Crippen LogP contribution in [-0.2, 0) is 49.3 Å². The number of hydrogen-bond donors (Lipinski definition) is 0. The summed E-state index contributed by atoms with van der Waals surface area (Å²) < 4.78 is 7.37. The molecule has 0 saturated carbocycles. The molecule has 3 heteroatoms. The fourth-order valence-corrected chi connectivity index (χ4v) is 37.0. The van der Waals surface area contributed by atoms with Gasteiger partial charge in [-0.2, -0.15) is 0 Å². The zero-order chi connectivity index (χ0) is 40.9. The van der Waals surface area contributed by atoms with E-state index in [1.165, 1.54) is 84.4 Å². The summed E-state index contributed by atoms with van der Waals surface area (Å²) in [4.78, 5) is 0. The van der Waals surface area contributed by atoms with E-state index in [-0.39, 0.29) is 16.4 Å². The topological polar surface area (TPSA) is 9.23 Å². The monoisotopic (exact) mass is 853 g/mol. The van der Waals surface area contributed by atoms with Crippen molar-refractivity contribution in [2.45, 2.75) is 157 Å². The molecular weight excluding hydrogens is 784 g/mol. The van der Waals surface area contributed by atoms with Gasteiger partial charge in [0.05, 0.1) is 0 Å². The Bertz CT molecular complexity index is 2130. The molecule has 3 atom stereocenters. The Morgan fingerprint density at radius 2 is 1.23 bits per heavy atom. The van der Waals surface area contributed by atoms with Gasteiger partial charge >= 0.3 is 358 Å². The summed E-state index contributed by atoms with van der Waals surface area (Å²) in [5, 5.41) is 0. The number of fused-ring (bicyclic) bond motifs is 3. The zero-order valence-corrected chi connectivity index (χ0v) is 41.2. The summed E-state index contributed by atoms with van der Waals surface area (Å²) in [6, 6.07) is 30.7. The van der Waals surface area contributed by atoms with E-state index in [1.54, 1.807) is 44.5 Å². The van der Waals surface area contributed by atoms with Gasteiger partial charge in [-0.05, 0) is 0 Å². The van der Waals surface area contributed by atoms with Crippen LogP contribution < -0.4 is 0 Å². The van der Waals surface area contributed by atoms with Crippen molar-refractivity contribution in [3.8, 4) is 22.3 Å². The van der Waals surface area contributed by atoms with Gasteiger partial charge < -0.3 is 0 Å². The maximum atomic E-state index is 6.08. The van der Waals surface area contributed by atoms with Crippen molar-refractivity contribution in [2.24, 2.45) is 0 Å².